The molecule has 158 valence electrons. The summed E-state index contributed by atoms with van der Waals surface area (Å²) in [6.45, 7) is 3.65. The number of esters is 2. The monoisotopic (exact) mass is 419 g/mol. The molecule has 0 unspecified atom stereocenters. The highest BCUT2D eigenvalue weighted by Crippen LogP contribution is 2.21. The number of benzene rings is 2. The minimum Gasteiger partial charge on any atom is -0.462 e. The lowest BCUT2D eigenvalue weighted by Crippen LogP contribution is -2.08. The Bertz CT molecular complexity index is 1060. The topological polar surface area (TPSA) is 95.7 Å². The first kappa shape index (κ1) is 23.1. The second-order valence-corrected chi connectivity index (χ2v) is 6.02. The second-order valence-electron chi connectivity index (χ2n) is 6.02. The van der Waals surface area contributed by atoms with Crippen LogP contribution in [-0.2, 0) is 19.1 Å². The Balaban J connectivity index is 2.49. The van der Waals surface area contributed by atoms with E-state index in [1.54, 1.807) is 26.0 Å². The van der Waals surface area contributed by atoms with E-state index in [4.69, 9.17) is 9.47 Å². The van der Waals surface area contributed by atoms with Crippen molar-refractivity contribution in [1.82, 2.24) is 0 Å². The fourth-order valence-corrected chi connectivity index (χ4v) is 2.45. The minimum absolute atomic E-state index is 0.0504. The number of hydrogen-bond acceptors (Lipinski definition) is 6. The zero-order valence-corrected chi connectivity index (χ0v) is 17.2. The summed E-state index contributed by atoms with van der Waals surface area (Å²) in [5.74, 6) is 4.39. The van der Waals surface area contributed by atoms with E-state index < -0.39 is 16.9 Å². The van der Waals surface area contributed by atoms with Crippen molar-refractivity contribution in [3.63, 3.8) is 0 Å². The highest BCUT2D eigenvalue weighted by molar-refractivity contribution is 6.17. The number of non-ortho nitro benzene ring substituents is 1. The van der Waals surface area contributed by atoms with Gasteiger partial charge in [0.2, 0.25) is 0 Å². The maximum atomic E-state index is 12.4. The van der Waals surface area contributed by atoms with Gasteiger partial charge in [-0.05, 0) is 55.8 Å². The van der Waals surface area contributed by atoms with Crippen LogP contribution in [0.4, 0.5) is 5.69 Å². The number of hydrogen-bond donors (Lipinski definition) is 0. The highest BCUT2D eigenvalue weighted by atomic mass is 16.6. The standard InChI is InChI=1S/C24H21NO6/c1-3-30-23(26)20(11-10-18-8-6-5-7-9-18)14-17-22(24(27)31-4-2)19-12-15-21(16-13-19)25(28)29/h5-9,12-17H,3-4H2,1-2H3/b20-14-,22-17-. The first-order valence-corrected chi connectivity index (χ1v) is 9.54. The van der Waals surface area contributed by atoms with Gasteiger partial charge in [0.25, 0.3) is 5.69 Å². The maximum Gasteiger partial charge on any atom is 0.346 e. The molecule has 0 N–H and O–H groups in total. The molecule has 7 heteroatoms. The van der Waals surface area contributed by atoms with Crippen LogP contribution in [0.3, 0.4) is 0 Å². The van der Waals surface area contributed by atoms with Crippen molar-refractivity contribution in [1.29, 1.82) is 0 Å². The summed E-state index contributed by atoms with van der Waals surface area (Å²) in [4.78, 5) is 35.1. The fraction of sp³-hybridized carbons (Fsp3) is 0.167. The molecular weight excluding hydrogens is 398 g/mol. The average molecular weight is 419 g/mol. The fourth-order valence-electron chi connectivity index (χ4n) is 2.45. The van der Waals surface area contributed by atoms with Crippen LogP contribution in [0, 0.1) is 22.0 Å². The van der Waals surface area contributed by atoms with Crippen molar-refractivity contribution < 1.29 is 24.0 Å². The number of carbonyl (C=O) groups is 2. The molecule has 0 aliphatic heterocycles. The van der Waals surface area contributed by atoms with Crippen molar-refractivity contribution in [2.24, 2.45) is 0 Å². The zero-order valence-electron chi connectivity index (χ0n) is 17.2. The van der Waals surface area contributed by atoms with Gasteiger partial charge in [0, 0.05) is 17.7 Å². The molecule has 0 spiro atoms. The number of nitro benzene ring substituents is 1. The normalized spacial score (nSPS) is 11.2. The largest absolute Gasteiger partial charge is 0.462 e. The van der Waals surface area contributed by atoms with E-state index in [2.05, 4.69) is 11.8 Å². The molecule has 0 atom stereocenters. The van der Waals surface area contributed by atoms with E-state index in [9.17, 15) is 19.7 Å². The quantitative estimate of drug-likeness (QED) is 0.168. The highest BCUT2D eigenvalue weighted by Gasteiger charge is 2.15. The molecular formula is C24H21NO6. The number of nitro groups is 1. The maximum absolute atomic E-state index is 12.4. The first-order valence-electron chi connectivity index (χ1n) is 9.54. The molecule has 0 fully saturated rings. The molecule has 31 heavy (non-hydrogen) atoms. The van der Waals surface area contributed by atoms with E-state index in [1.165, 1.54) is 36.4 Å². The van der Waals surface area contributed by atoms with Gasteiger partial charge in [0.05, 0.1) is 23.7 Å². The Labute approximate surface area is 180 Å². The molecule has 0 radical (unpaired) electrons. The minimum atomic E-state index is -0.633. The van der Waals surface area contributed by atoms with Gasteiger partial charge in [0.15, 0.2) is 0 Å². The molecule has 0 saturated heterocycles. The SMILES string of the molecule is CCOC(=O)/C(C#Cc1ccccc1)=C\C=C(/C(=O)OCC)c1ccc([N+](=O)[O-])cc1. The lowest BCUT2D eigenvalue weighted by atomic mass is 10.0. The summed E-state index contributed by atoms with van der Waals surface area (Å²) in [5.41, 5.74) is 1.18. The number of nitrogens with zero attached hydrogens (tertiary/aromatic N) is 1. The summed E-state index contributed by atoms with van der Waals surface area (Å²) in [5, 5.41) is 10.9. The van der Waals surface area contributed by atoms with Crippen LogP contribution in [0.5, 0.6) is 0 Å². The van der Waals surface area contributed by atoms with Crippen molar-refractivity contribution in [3.8, 4) is 11.8 Å². The van der Waals surface area contributed by atoms with Crippen molar-refractivity contribution in [2.45, 2.75) is 13.8 Å². The first-order chi connectivity index (χ1) is 15.0. The van der Waals surface area contributed by atoms with E-state index in [-0.39, 0.29) is 30.0 Å². The zero-order chi connectivity index (χ0) is 22.6. The Morgan fingerprint density at radius 1 is 0.935 bits per heavy atom. The lowest BCUT2D eigenvalue weighted by molar-refractivity contribution is -0.384. The summed E-state index contributed by atoms with van der Waals surface area (Å²) in [7, 11) is 0. The van der Waals surface area contributed by atoms with Gasteiger partial charge < -0.3 is 9.47 Å². The summed E-state index contributed by atoms with van der Waals surface area (Å²) in [6.07, 6.45) is 2.77. The molecule has 0 aliphatic carbocycles. The number of allylic oxidation sites excluding steroid dienone is 2. The third kappa shape index (κ3) is 6.98. The average Bonchev–Trinajstić information content (AvgIpc) is 2.77. The van der Waals surface area contributed by atoms with E-state index in [0.717, 1.165) is 0 Å². The van der Waals surface area contributed by atoms with Gasteiger partial charge in [-0.2, -0.15) is 0 Å². The Morgan fingerprint density at radius 2 is 1.55 bits per heavy atom. The van der Waals surface area contributed by atoms with Crippen LogP contribution in [0.2, 0.25) is 0 Å². The van der Waals surface area contributed by atoms with Gasteiger partial charge in [-0.3, -0.25) is 10.1 Å². The molecule has 2 rings (SSSR count). The summed E-state index contributed by atoms with van der Waals surface area (Å²) >= 11 is 0. The van der Waals surface area contributed by atoms with Gasteiger partial charge in [-0.25, -0.2) is 9.59 Å². The molecule has 0 aliphatic rings. The van der Waals surface area contributed by atoms with Crippen molar-refractivity contribution >= 4 is 23.2 Å². The van der Waals surface area contributed by atoms with E-state index in [0.29, 0.717) is 11.1 Å². The summed E-state index contributed by atoms with van der Waals surface area (Å²) in [6, 6.07) is 14.5. The van der Waals surface area contributed by atoms with Crippen LogP contribution in [-0.4, -0.2) is 30.1 Å². The molecule has 0 bridgehead atoms. The molecule has 0 aromatic heterocycles. The second kappa shape index (κ2) is 11.7. The third-order valence-corrected chi connectivity index (χ3v) is 3.91. The third-order valence-electron chi connectivity index (χ3n) is 3.91. The number of carbonyl (C=O) groups excluding carboxylic acids is 2. The van der Waals surface area contributed by atoms with Gasteiger partial charge in [-0.15, -0.1) is 0 Å². The van der Waals surface area contributed by atoms with Crippen LogP contribution >= 0.6 is 0 Å². The van der Waals surface area contributed by atoms with Gasteiger partial charge in [-0.1, -0.05) is 30.0 Å². The van der Waals surface area contributed by atoms with Gasteiger partial charge >= 0.3 is 11.9 Å². The van der Waals surface area contributed by atoms with Crippen LogP contribution < -0.4 is 0 Å². The van der Waals surface area contributed by atoms with E-state index >= 15 is 0 Å². The van der Waals surface area contributed by atoms with Crippen LogP contribution in [0.1, 0.15) is 25.0 Å². The van der Waals surface area contributed by atoms with Gasteiger partial charge in [0.1, 0.15) is 5.57 Å². The van der Waals surface area contributed by atoms with E-state index in [1.807, 2.05) is 18.2 Å². The Morgan fingerprint density at radius 3 is 2.13 bits per heavy atom. The molecule has 2 aromatic carbocycles. The molecule has 0 saturated carbocycles. The predicted molar refractivity (Wildman–Crippen MR) is 116 cm³/mol. The predicted octanol–water partition coefficient (Wildman–Crippen LogP) is 4.08. The van der Waals surface area contributed by atoms with Crippen molar-refractivity contribution in [3.05, 3.63) is 93.6 Å². The Kier molecular flexibility index (Phi) is 8.74. The molecule has 7 nitrogen and oxygen atoms in total. The number of rotatable bonds is 7. The lowest BCUT2D eigenvalue weighted by Gasteiger charge is -2.07. The smallest absolute Gasteiger partial charge is 0.346 e. The molecule has 0 amide bonds. The van der Waals surface area contributed by atoms with Crippen LogP contribution in [0.15, 0.2) is 72.3 Å². The molecule has 0 heterocycles. The van der Waals surface area contributed by atoms with Crippen LogP contribution in [0.25, 0.3) is 5.57 Å². The number of ether oxygens (including phenoxy) is 2. The Hall–Kier alpha value is -4.18. The summed E-state index contributed by atoms with van der Waals surface area (Å²) < 4.78 is 10.1. The molecule has 2 aromatic rings. The van der Waals surface area contributed by atoms with Crippen molar-refractivity contribution in [2.75, 3.05) is 13.2 Å².